The number of pyridine rings is 1. The fourth-order valence-corrected chi connectivity index (χ4v) is 2.59. The minimum Gasteiger partial charge on any atom is -0.341 e. The first-order chi connectivity index (χ1) is 10.4. The van der Waals surface area contributed by atoms with E-state index in [0.717, 1.165) is 5.56 Å². The van der Waals surface area contributed by atoms with Gasteiger partial charge in [-0.1, -0.05) is 0 Å². The summed E-state index contributed by atoms with van der Waals surface area (Å²) in [7, 11) is 0. The van der Waals surface area contributed by atoms with Gasteiger partial charge in [0.1, 0.15) is 0 Å². The van der Waals surface area contributed by atoms with Crippen LogP contribution in [0.15, 0.2) is 24.5 Å². The Bertz CT molecular complexity index is 493. The Morgan fingerprint density at radius 3 is 2.77 bits per heavy atom. The molecule has 2 rings (SSSR count). The molecule has 1 aromatic heterocycles. The van der Waals surface area contributed by atoms with Crippen molar-refractivity contribution >= 4 is 5.91 Å². The molecule has 4 nitrogen and oxygen atoms in total. The van der Waals surface area contributed by atoms with Crippen LogP contribution in [0.25, 0.3) is 0 Å². The molecule has 1 aromatic rings. The average Bonchev–Trinajstić information content (AvgIpc) is 2.52. The first-order valence-corrected chi connectivity index (χ1v) is 7.35. The van der Waals surface area contributed by atoms with Crippen molar-refractivity contribution in [1.82, 2.24) is 15.2 Å². The summed E-state index contributed by atoms with van der Waals surface area (Å²) >= 11 is 0. The maximum Gasteiger partial charge on any atom is 0.393 e. The van der Waals surface area contributed by atoms with Crippen molar-refractivity contribution in [2.45, 2.75) is 32.0 Å². The number of hydrogen-bond donors (Lipinski definition) is 1. The van der Waals surface area contributed by atoms with Gasteiger partial charge in [-0.3, -0.25) is 9.78 Å². The lowest BCUT2D eigenvalue weighted by Crippen LogP contribution is -2.47. The topological polar surface area (TPSA) is 45.2 Å². The summed E-state index contributed by atoms with van der Waals surface area (Å²) in [4.78, 5) is 17.3. The number of rotatable bonds is 4. The van der Waals surface area contributed by atoms with Crippen LogP contribution in [0.1, 0.15) is 31.4 Å². The predicted octanol–water partition coefficient (Wildman–Crippen LogP) is 2.53. The number of hydrogen-bond acceptors (Lipinski definition) is 3. The van der Waals surface area contributed by atoms with Crippen LogP contribution in [0.3, 0.4) is 0 Å². The van der Waals surface area contributed by atoms with E-state index in [-0.39, 0.29) is 31.5 Å². The standard InChI is InChI=1S/C15H20F3N3O/c1-11(12-4-6-19-7-5-12)20-9-14(22)21-8-2-3-13(10-21)15(16,17)18/h4-7,11,13,20H,2-3,8-10H2,1H3/t11-,13-/m1/s1. The van der Waals surface area contributed by atoms with E-state index in [4.69, 9.17) is 0 Å². The highest BCUT2D eigenvalue weighted by Gasteiger charge is 2.42. The Hall–Kier alpha value is -1.63. The first-order valence-electron chi connectivity index (χ1n) is 7.35. The second-order valence-corrected chi connectivity index (χ2v) is 5.60. The number of piperidine rings is 1. The van der Waals surface area contributed by atoms with Gasteiger partial charge in [-0.25, -0.2) is 0 Å². The molecule has 0 spiro atoms. The third-order valence-corrected chi connectivity index (χ3v) is 4.00. The Labute approximate surface area is 127 Å². The molecule has 1 saturated heterocycles. The number of carbonyl (C=O) groups excluding carboxylic acids is 1. The fraction of sp³-hybridized carbons (Fsp3) is 0.600. The van der Waals surface area contributed by atoms with Crippen molar-refractivity contribution in [2.75, 3.05) is 19.6 Å². The number of nitrogens with one attached hydrogen (secondary N) is 1. The van der Waals surface area contributed by atoms with Gasteiger partial charge in [-0.05, 0) is 37.5 Å². The van der Waals surface area contributed by atoms with Gasteiger partial charge in [-0.2, -0.15) is 13.2 Å². The number of halogens is 3. The lowest BCUT2D eigenvalue weighted by Gasteiger charge is -2.34. The van der Waals surface area contributed by atoms with Crippen LogP contribution in [0.2, 0.25) is 0 Å². The SMILES string of the molecule is C[C@@H](NCC(=O)N1CCC[C@@H](C(F)(F)F)C1)c1ccncc1. The average molecular weight is 315 g/mol. The molecule has 0 aliphatic carbocycles. The molecule has 7 heteroatoms. The molecule has 2 atom stereocenters. The lowest BCUT2D eigenvalue weighted by molar-refractivity contribution is -0.187. The van der Waals surface area contributed by atoms with E-state index in [1.165, 1.54) is 4.90 Å². The van der Waals surface area contributed by atoms with E-state index in [2.05, 4.69) is 10.3 Å². The summed E-state index contributed by atoms with van der Waals surface area (Å²) in [5.74, 6) is -1.68. The summed E-state index contributed by atoms with van der Waals surface area (Å²) in [5, 5.41) is 3.05. The molecule has 2 heterocycles. The molecule has 0 bridgehead atoms. The van der Waals surface area contributed by atoms with Crippen molar-refractivity contribution in [3.8, 4) is 0 Å². The smallest absolute Gasteiger partial charge is 0.341 e. The van der Waals surface area contributed by atoms with Crippen molar-refractivity contribution in [2.24, 2.45) is 5.92 Å². The van der Waals surface area contributed by atoms with Gasteiger partial charge >= 0.3 is 6.18 Å². The minimum atomic E-state index is -4.23. The third kappa shape index (κ3) is 4.43. The number of carbonyl (C=O) groups is 1. The molecule has 1 fully saturated rings. The summed E-state index contributed by atoms with van der Waals surface area (Å²) in [5.41, 5.74) is 0.981. The molecule has 0 radical (unpaired) electrons. The van der Waals surface area contributed by atoms with E-state index in [9.17, 15) is 18.0 Å². The van der Waals surface area contributed by atoms with Gasteiger partial charge in [-0.15, -0.1) is 0 Å². The largest absolute Gasteiger partial charge is 0.393 e. The zero-order valence-electron chi connectivity index (χ0n) is 12.4. The van der Waals surface area contributed by atoms with Crippen molar-refractivity contribution in [3.63, 3.8) is 0 Å². The van der Waals surface area contributed by atoms with Gasteiger partial charge < -0.3 is 10.2 Å². The summed E-state index contributed by atoms with van der Waals surface area (Å²) < 4.78 is 38.3. The fourth-order valence-electron chi connectivity index (χ4n) is 2.59. The number of alkyl halides is 3. The van der Waals surface area contributed by atoms with Crippen LogP contribution in [-0.4, -0.2) is 41.6 Å². The van der Waals surface area contributed by atoms with Gasteiger partial charge in [0, 0.05) is 31.5 Å². The molecule has 0 unspecified atom stereocenters. The minimum absolute atomic E-state index is 0.0358. The monoisotopic (exact) mass is 315 g/mol. The molecule has 1 amide bonds. The van der Waals surface area contributed by atoms with Crippen LogP contribution in [0.4, 0.5) is 13.2 Å². The maximum atomic E-state index is 12.8. The Morgan fingerprint density at radius 1 is 1.45 bits per heavy atom. The number of amides is 1. The molecular formula is C15H20F3N3O. The first kappa shape index (κ1) is 16.7. The molecule has 1 aliphatic heterocycles. The number of aromatic nitrogens is 1. The Kier molecular flexibility index (Phi) is 5.39. The maximum absolute atomic E-state index is 12.8. The molecule has 1 N–H and O–H groups in total. The van der Waals surface area contributed by atoms with E-state index >= 15 is 0 Å². The van der Waals surface area contributed by atoms with E-state index in [1.54, 1.807) is 12.4 Å². The van der Waals surface area contributed by atoms with E-state index in [1.807, 2.05) is 19.1 Å². The normalized spacial score (nSPS) is 20.7. The molecule has 122 valence electrons. The van der Waals surface area contributed by atoms with E-state index in [0.29, 0.717) is 13.0 Å². The molecule has 0 aromatic carbocycles. The quantitative estimate of drug-likeness (QED) is 0.929. The van der Waals surface area contributed by atoms with Crippen LogP contribution in [-0.2, 0) is 4.79 Å². The highest BCUT2D eigenvalue weighted by molar-refractivity contribution is 5.78. The second-order valence-electron chi connectivity index (χ2n) is 5.60. The predicted molar refractivity (Wildman–Crippen MR) is 76.0 cm³/mol. The summed E-state index contributed by atoms with van der Waals surface area (Å²) in [6, 6.07) is 3.61. The van der Waals surface area contributed by atoms with Crippen molar-refractivity contribution < 1.29 is 18.0 Å². The molecule has 22 heavy (non-hydrogen) atoms. The van der Waals surface area contributed by atoms with Gasteiger partial charge in [0.15, 0.2) is 0 Å². The lowest BCUT2D eigenvalue weighted by atomic mass is 9.97. The van der Waals surface area contributed by atoms with Crippen molar-refractivity contribution in [3.05, 3.63) is 30.1 Å². The van der Waals surface area contributed by atoms with E-state index < -0.39 is 12.1 Å². The Balaban J connectivity index is 1.84. The second kappa shape index (κ2) is 7.09. The molecular weight excluding hydrogens is 295 g/mol. The third-order valence-electron chi connectivity index (χ3n) is 4.00. The van der Waals surface area contributed by atoms with Crippen LogP contribution >= 0.6 is 0 Å². The van der Waals surface area contributed by atoms with Crippen LogP contribution < -0.4 is 5.32 Å². The van der Waals surface area contributed by atoms with Gasteiger partial charge in [0.25, 0.3) is 0 Å². The van der Waals surface area contributed by atoms with Gasteiger partial charge in [0.05, 0.1) is 12.5 Å². The summed E-state index contributed by atoms with van der Waals surface area (Å²) in [6.07, 6.45) is -0.400. The summed E-state index contributed by atoms with van der Waals surface area (Å²) in [6.45, 7) is 2.11. The van der Waals surface area contributed by atoms with Crippen LogP contribution in [0, 0.1) is 5.92 Å². The van der Waals surface area contributed by atoms with Crippen LogP contribution in [0.5, 0.6) is 0 Å². The number of nitrogens with zero attached hydrogens (tertiary/aromatic N) is 2. The zero-order valence-corrected chi connectivity index (χ0v) is 12.4. The van der Waals surface area contributed by atoms with Crippen molar-refractivity contribution in [1.29, 1.82) is 0 Å². The zero-order chi connectivity index (χ0) is 16.2. The number of likely N-dealkylation sites (tertiary alicyclic amines) is 1. The molecule has 1 aliphatic rings. The Morgan fingerprint density at radius 2 is 2.14 bits per heavy atom. The highest BCUT2D eigenvalue weighted by atomic mass is 19.4. The molecule has 0 saturated carbocycles. The highest BCUT2D eigenvalue weighted by Crippen LogP contribution is 2.33. The van der Waals surface area contributed by atoms with Gasteiger partial charge in [0.2, 0.25) is 5.91 Å².